The molecule has 0 saturated carbocycles. The molecule has 3 aromatic rings. The lowest BCUT2D eigenvalue weighted by molar-refractivity contribution is 0.633. The van der Waals surface area contributed by atoms with Crippen molar-refractivity contribution in [2.45, 2.75) is 0 Å². The minimum atomic E-state index is -0.464. The van der Waals surface area contributed by atoms with Gasteiger partial charge < -0.3 is 0 Å². The third kappa shape index (κ3) is 3.31. The highest BCUT2D eigenvalue weighted by molar-refractivity contribution is 6.37. The van der Waals surface area contributed by atoms with Crippen molar-refractivity contribution in [3.63, 3.8) is 0 Å². The second kappa shape index (κ2) is 6.66. The molecule has 0 aliphatic heterocycles. The van der Waals surface area contributed by atoms with Gasteiger partial charge in [-0.1, -0.05) is 58.5 Å². The van der Waals surface area contributed by atoms with Crippen molar-refractivity contribution in [3.8, 4) is 22.3 Å². The van der Waals surface area contributed by atoms with Gasteiger partial charge in [-0.05, 0) is 24.3 Å². The molecule has 116 valence electrons. The third-order valence-electron chi connectivity index (χ3n) is 3.32. The Bertz CT molecular complexity index is 826. The lowest BCUT2D eigenvalue weighted by Crippen LogP contribution is -1.93. The number of aromatic nitrogens is 1. The maximum absolute atomic E-state index is 15.0. The standard InChI is InChI=1S/C17H8Cl4FN/c18-9-1-3-11(15(20)5-9)13-7-23-8-14(17(13)22)12-4-2-10(19)6-16(12)21/h1-8H. The van der Waals surface area contributed by atoms with E-state index in [1.165, 1.54) is 12.4 Å². The van der Waals surface area contributed by atoms with Gasteiger partial charge in [-0.2, -0.15) is 0 Å². The summed E-state index contributed by atoms with van der Waals surface area (Å²) in [7, 11) is 0. The Hall–Kier alpha value is -1.32. The van der Waals surface area contributed by atoms with E-state index in [-0.39, 0.29) is 11.1 Å². The number of hydrogen-bond acceptors (Lipinski definition) is 1. The van der Waals surface area contributed by atoms with Crippen LogP contribution < -0.4 is 0 Å². The average molecular weight is 387 g/mol. The third-order valence-corrected chi connectivity index (χ3v) is 4.42. The fraction of sp³-hybridized carbons (Fsp3) is 0. The van der Waals surface area contributed by atoms with Crippen LogP contribution in [0.25, 0.3) is 22.3 Å². The van der Waals surface area contributed by atoms with E-state index in [1.54, 1.807) is 36.4 Å². The van der Waals surface area contributed by atoms with E-state index in [0.29, 0.717) is 31.2 Å². The van der Waals surface area contributed by atoms with Crippen LogP contribution in [0.15, 0.2) is 48.8 Å². The molecule has 3 rings (SSSR count). The molecule has 1 heterocycles. The van der Waals surface area contributed by atoms with E-state index >= 15 is 0 Å². The molecule has 23 heavy (non-hydrogen) atoms. The maximum atomic E-state index is 15.0. The van der Waals surface area contributed by atoms with Crippen LogP contribution in [0, 0.1) is 5.82 Å². The van der Waals surface area contributed by atoms with Crippen LogP contribution in [0.5, 0.6) is 0 Å². The lowest BCUT2D eigenvalue weighted by atomic mass is 10.0. The first-order valence-corrected chi connectivity index (χ1v) is 8.03. The molecule has 1 aromatic heterocycles. The van der Waals surface area contributed by atoms with Gasteiger partial charge in [-0.3, -0.25) is 4.98 Å². The zero-order valence-corrected chi connectivity index (χ0v) is 14.5. The van der Waals surface area contributed by atoms with Crippen LogP contribution in [0.2, 0.25) is 20.1 Å². The molecule has 0 saturated heterocycles. The zero-order chi connectivity index (χ0) is 16.6. The van der Waals surface area contributed by atoms with Crippen LogP contribution in [0.1, 0.15) is 0 Å². The van der Waals surface area contributed by atoms with Crippen LogP contribution >= 0.6 is 46.4 Å². The Labute approximate surface area is 152 Å². The quantitative estimate of drug-likeness (QED) is 0.454. The summed E-state index contributed by atoms with van der Waals surface area (Å²) in [6.07, 6.45) is 2.83. The largest absolute Gasteiger partial charge is 0.263 e. The van der Waals surface area contributed by atoms with Crippen molar-refractivity contribution in [1.29, 1.82) is 0 Å². The van der Waals surface area contributed by atoms with Crippen molar-refractivity contribution in [2.75, 3.05) is 0 Å². The highest BCUT2D eigenvalue weighted by Crippen LogP contribution is 2.37. The van der Waals surface area contributed by atoms with Crippen LogP contribution in [0.4, 0.5) is 4.39 Å². The Morgan fingerprint density at radius 1 is 0.652 bits per heavy atom. The minimum Gasteiger partial charge on any atom is -0.263 e. The molecule has 0 bridgehead atoms. The Kier molecular flexibility index (Phi) is 4.79. The van der Waals surface area contributed by atoms with Crippen LogP contribution in [-0.4, -0.2) is 4.98 Å². The van der Waals surface area contributed by atoms with Crippen molar-refractivity contribution in [1.82, 2.24) is 4.98 Å². The van der Waals surface area contributed by atoms with E-state index in [1.807, 2.05) is 0 Å². The molecule has 0 aliphatic rings. The number of pyridine rings is 1. The molecular formula is C17H8Cl4FN. The summed E-state index contributed by atoms with van der Waals surface area (Å²) in [6, 6.07) is 9.70. The second-order valence-corrected chi connectivity index (χ2v) is 6.48. The summed E-state index contributed by atoms with van der Waals surface area (Å²) in [5.41, 5.74) is 1.56. The van der Waals surface area contributed by atoms with Gasteiger partial charge >= 0.3 is 0 Å². The highest BCUT2D eigenvalue weighted by Gasteiger charge is 2.16. The molecular weight excluding hydrogens is 379 g/mol. The zero-order valence-electron chi connectivity index (χ0n) is 11.5. The van der Waals surface area contributed by atoms with E-state index < -0.39 is 5.82 Å². The van der Waals surface area contributed by atoms with Crippen molar-refractivity contribution in [3.05, 3.63) is 74.7 Å². The summed E-state index contributed by atoms with van der Waals surface area (Å²) in [4.78, 5) is 4.10. The van der Waals surface area contributed by atoms with E-state index in [0.717, 1.165) is 0 Å². The van der Waals surface area contributed by atoms with E-state index in [4.69, 9.17) is 46.4 Å². The van der Waals surface area contributed by atoms with Gasteiger partial charge in [0.05, 0.1) is 10.0 Å². The molecule has 0 spiro atoms. The average Bonchev–Trinajstić information content (AvgIpc) is 2.49. The lowest BCUT2D eigenvalue weighted by Gasteiger charge is -2.11. The van der Waals surface area contributed by atoms with Gasteiger partial charge in [0.1, 0.15) is 5.82 Å². The van der Waals surface area contributed by atoms with Gasteiger partial charge in [-0.15, -0.1) is 0 Å². The van der Waals surface area contributed by atoms with Gasteiger partial charge in [0, 0.05) is 44.7 Å². The number of halogens is 5. The van der Waals surface area contributed by atoms with E-state index in [2.05, 4.69) is 4.98 Å². The van der Waals surface area contributed by atoms with Crippen molar-refractivity contribution < 1.29 is 4.39 Å². The predicted molar refractivity (Wildman–Crippen MR) is 95.1 cm³/mol. The topological polar surface area (TPSA) is 12.9 Å². The van der Waals surface area contributed by atoms with E-state index in [9.17, 15) is 4.39 Å². The summed E-state index contributed by atoms with van der Waals surface area (Å²) in [5.74, 6) is -0.464. The first kappa shape index (κ1) is 16.5. The Morgan fingerprint density at radius 2 is 1.09 bits per heavy atom. The molecule has 0 radical (unpaired) electrons. The Morgan fingerprint density at radius 3 is 1.48 bits per heavy atom. The number of nitrogens with zero attached hydrogens (tertiary/aromatic N) is 1. The summed E-state index contributed by atoms with van der Waals surface area (Å²) < 4.78 is 15.0. The van der Waals surface area contributed by atoms with Gasteiger partial charge in [-0.25, -0.2) is 4.39 Å². The normalized spacial score (nSPS) is 10.8. The smallest absolute Gasteiger partial charge is 0.142 e. The maximum Gasteiger partial charge on any atom is 0.142 e. The fourth-order valence-corrected chi connectivity index (χ4v) is 3.26. The molecule has 0 amide bonds. The molecule has 6 heteroatoms. The minimum absolute atomic E-state index is 0.273. The molecule has 0 atom stereocenters. The van der Waals surface area contributed by atoms with Crippen molar-refractivity contribution in [2.24, 2.45) is 0 Å². The SMILES string of the molecule is Fc1c(-c2ccc(Cl)cc2Cl)cncc1-c1ccc(Cl)cc1Cl. The monoisotopic (exact) mass is 385 g/mol. The molecule has 0 fully saturated rings. The second-order valence-electron chi connectivity index (χ2n) is 4.80. The summed E-state index contributed by atoms with van der Waals surface area (Å²) in [5, 5.41) is 1.64. The van der Waals surface area contributed by atoms with Gasteiger partial charge in [0.25, 0.3) is 0 Å². The predicted octanol–water partition coefficient (Wildman–Crippen LogP) is 7.17. The van der Waals surface area contributed by atoms with Crippen LogP contribution in [0.3, 0.4) is 0 Å². The number of rotatable bonds is 2. The fourth-order valence-electron chi connectivity index (χ4n) is 2.24. The summed E-state index contributed by atoms with van der Waals surface area (Å²) in [6.45, 7) is 0. The molecule has 0 N–H and O–H groups in total. The van der Waals surface area contributed by atoms with Crippen LogP contribution in [-0.2, 0) is 0 Å². The first-order valence-electron chi connectivity index (χ1n) is 6.51. The molecule has 2 aromatic carbocycles. The number of benzene rings is 2. The molecule has 0 aliphatic carbocycles. The molecule has 0 unspecified atom stereocenters. The first-order chi connectivity index (χ1) is 11.0. The van der Waals surface area contributed by atoms with Gasteiger partial charge in [0.2, 0.25) is 0 Å². The highest BCUT2D eigenvalue weighted by atomic mass is 35.5. The van der Waals surface area contributed by atoms with Gasteiger partial charge in [0.15, 0.2) is 0 Å². The summed E-state index contributed by atoms with van der Waals surface area (Å²) >= 11 is 24.1. The Balaban J connectivity index is 2.19. The molecule has 1 nitrogen and oxygen atoms in total. The number of hydrogen-bond donors (Lipinski definition) is 0. The van der Waals surface area contributed by atoms with Crippen molar-refractivity contribution >= 4 is 46.4 Å².